The van der Waals surface area contributed by atoms with Crippen molar-refractivity contribution in [2.75, 3.05) is 0 Å². The maximum Gasteiger partial charge on any atom is 0.338 e. The van der Waals surface area contributed by atoms with Gasteiger partial charge >= 0.3 is 5.97 Å². The van der Waals surface area contributed by atoms with E-state index in [4.69, 9.17) is 14.2 Å². The molecule has 0 aliphatic carbocycles. The Morgan fingerprint density at radius 2 is 1.85 bits per heavy atom. The van der Waals surface area contributed by atoms with Crippen molar-refractivity contribution in [3.8, 4) is 0 Å². The SMILES string of the molecule is C[C@@H]1C2OC3C(OC2=O)OC1[C@H]3C. The molecule has 0 amide bonds. The number of hydrogen-bond acceptors (Lipinski definition) is 4. The average molecular weight is 184 g/mol. The number of carbonyl (C=O) groups excluding carboxylic acids is 1. The van der Waals surface area contributed by atoms with Crippen LogP contribution in [0, 0.1) is 11.8 Å². The minimum atomic E-state index is -0.450. The topological polar surface area (TPSA) is 44.8 Å². The van der Waals surface area contributed by atoms with Crippen LogP contribution in [0.5, 0.6) is 0 Å². The fourth-order valence-corrected chi connectivity index (χ4v) is 2.59. The highest BCUT2D eigenvalue weighted by Crippen LogP contribution is 2.44. The van der Waals surface area contributed by atoms with Gasteiger partial charge in [-0.3, -0.25) is 0 Å². The lowest BCUT2D eigenvalue weighted by molar-refractivity contribution is -0.225. The molecule has 0 spiro atoms. The van der Waals surface area contributed by atoms with Crippen LogP contribution in [-0.4, -0.2) is 30.6 Å². The Morgan fingerprint density at radius 3 is 2.62 bits per heavy atom. The molecular weight excluding hydrogens is 172 g/mol. The Morgan fingerprint density at radius 1 is 1.08 bits per heavy atom. The van der Waals surface area contributed by atoms with Crippen molar-refractivity contribution in [2.24, 2.45) is 11.8 Å². The second kappa shape index (κ2) is 2.25. The monoisotopic (exact) mass is 184 g/mol. The lowest BCUT2D eigenvalue weighted by atomic mass is 9.84. The van der Waals surface area contributed by atoms with Crippen molar-refractivity contribution in [2.45, 2.75) is 38.4 Å². The third kappa shape index (κ3) is 0.802. The number of carbonyl (C=O) groups is 1. The maximum absolute atomic E-state index is 11.3. The Hall–Kier alpha value is -0.610. The van der Waals surface area contributed by atoms with Gasteiger partial charge < -0.3 is 14.2 Å². The fraction of sp³-hybridized carbons (Fsp3) is 0.889. The van der Waals surface area contributed by atoms with Crippen LogP contribution in [0.3, 0.4) is 0 Å². The van der Waals surface area contributed by atoms with E-state index in [2.05, 4.69) is 6.92 Å². The number of ether oxygens (including phenoxy) is 3. The quantitative estimate of drug-likeness (QED) is 0.508. The van der Waals surface area contributed by atoms with E-state index < -0.39 is 12.4 Å². The van der Waals surface area contributed by atoms with Crippen LogP contribution in [0.1, 0.15) is 13.8 Å². The summed E-state index contributed by atoms with van der Waals surface area (Å²) in [7, 11) is 0. The number of esters is 1. The molecule has 6 atom stereocenters. The summed E-state index contributed by atoms with van der Waals surface area (Å²) in [5.41, 5.74) is 0. The summed E-state index contributed by atoms with van der Waals surface area (Å²) in [4.78, 5) is 11.3. The molecule has 0 aromatic carbocycles. The molecule has 0 aromatic heterocycles. The van der Waals surface area contributed by atoms with Gasteiger partial charge in [0.15, 0.2) is 6.10 Å². The van der Waals surface area contributed by atoms with Crippen LogP contribution >= 0.6 is 0 Å². The molecular formula is C9H12O4. The van der Waals surface area contributed by atoms with E-state index >= 15 is 0 Å². The van der Waals surface area contributed by atoms with Gasteiger partial charge in [-0.25, -0.2) is 4.79 Å². The third-order valence-corrected chi connectivity index (χ3v) is 3.36. The molecule has 3 rings (SSSR count). The molecule has 0 radical (unpaired) electrons. The zero-order valence-corrected chi connectivity index (χ0v) is 7.60. The van der Waals surface area contributed by atoms with Crippen molar-refractivity contribution >= 4 is 5.97 Å². The zero-order valence-electron chi connectivity index (χ0n) is 7.60. The van der Waals surface area contributed by atoms with Gasteiger partial charge in [-0.1, -0.05) is 13.8 Å². The van der Waals surface area contributed by atoms with E-state index in [1.54, 1.807) is 0 Å². The first-order valence-electron chi connectivity index (χ1n) is 4.70. The number of rotatable bonds is 0. The molecule has 0 saturated carbocycles. The highest BCUT2D eigenvalue weighted by Gasteiger charge is 2.59. The normalized spacial score (nSPS) is 58.2. The van der Waals surface area contributed by atoms with Gasteiger partial charge in [0.1, 0.15) is 6.10 Å². The Bertz CT molecular complexity index is 264. The van der Waals surface area contributed by atoms with E-state index in [-0.39, 0.29) is 24.1 Å². The molecule has 4 nitrogen and oxygen atoms in total. The predicted octanol–water partition coefficient (Wildman–Crippen LogP) is 0.308. The lowest BCUT2D eigenvalue weighted by Crippen LogP contribution is -2.53. The minimum absolute atomic E-state index is 0.0381. The summed E-state index contributed by atoms with van der Waals surface area (Å²) >= 11 is 0. The molecule has 3 aliphatic rings. The van der Waals surface area contributed by atoms with Gasteiger partial charge in [-0.2, -0.15) is 0 Å². The largest absolute Gasteiger partial charge is 0.431 e. The van der Waals surface area contributed by atoms with Crippen LogP contribution < -0.4 is 0 Å². The van der Waals surface area contributed by atoms with Gasteiger partial charge in [0.2, 0.25) is 6.29 Å². The summed E-state index contributed by atoms with van der Waals surface area (Å²) in [5, 5.41) is 0. The van der Waals surface area contributed by atoms with Crippen molar-refractivity contribution in [1.82, 2.24) is 0 Å². The Balaban J connectivity index is 2.02. The van der Waals surface area contributed by atoms with E-state index in [9.17, 15) is 4.79 Å². The summed E-state index contributed by atoms with van der Waals surface area (Å²) in [6, 6.07) is 0. The molecule has 3 fully saturated rings. The first kappa shape index (κ1) is 7.76. The summed E-state index contributed by atoms with van der Waals surface area (Å²) in [5.74, 6) is 0.193. The van der Waals surface area contributed by atoms with Gasteiger partial charge in [0, 0.05) is 11.8 Å². The maximum atomic E-state index is 11.3. The lowest BCUT2D eigenvalue weighted by Gasteiger charge is -2.38. The first-order chi connectivity index (χ1) is 6.18. The Labute approximate surface area is 76.1 Å². The van der Waals surface area contributed by atoms with Gasteiger partial charge in [0.25, 0.3) is 0 Å². The summed E-state index contributed by atoms with van der Waals surface area (Å²) in [6.45, 7) is 4.07. The highest BCUT2D eigenvalue weighted by molar-refractivity contribution is 5.76. The third-order valence-electron chi connectivity index (χ3n) is 3.36. The molecule has 0 aromatic rings. The second-order valence-electron chi connectivity index (χ2n) is 4.15. The average Bonchev–Trinajstić information content (AvgIpc) is 2.25. The van der Waals surface area contributed by atoms with Gasteiger partial charge in [0.05, 0.1) is 6.10 Å². The van der Waals surface area contributed by atoms with Crippen molar-refractivity contribution in [3.05, 3.63) is 0 Å². The van der Waals surface area contributed by atoms with Crippen LogP contribution in [0.25, 0.3) is 0 Å². The van der Waals surface area contributed by atoms with Crippen LogP contribution in [0.15, 0.2) is 0 Å². The van der Waals surface area contributed by atoms with E-state index in [0.29, 0.717) is 5.92 Å². The smallest absolute Gasteiger partial charge is 0.338 e. The van der Waals surface area contributed by atoms with E-state index in [1.807, 2.05) is 6.92 Å². The van der Waals surface area contributed by atoms with Crippen molar-refractivity contribution < 1.29 is 19.0 Å². The first-order valence-corrected chi connectivity index (χ1v) is 4.70. The predicted molar refractivity (Wildman–Crippen MR) is 41.7 cm³/mol. The Kier molecular flexibility index (Phi) is 1.34. The molecule has 0 N–H and O–H groups in total. The zero-order chi connectivity index (χ0) is 9.16. The molecule has 3 bridgehead atoms. The van der Waals surface area contributed by atoms with Crippen LogP contribution in [0.4, 0.5) is 0 Å². The number of hydrogen-bond donors (Lipinski definition) is 0. The fourth-order valence-electron chi connectivity index (χ4n) is 2.59. The van der Waals surface area contributed by atoms with Crippen molar-refractivity contribution in [1.29, 1.82) is 0 Å². The van der Waals surface area contributed by atoms with Gasteiger partial charge in [-0.15, -0.1) is 0 Å². The summed E-state index contributed by atoms with van der Waals surface area (Å²) < 4.78 is 16.3. The van der Waals surface area contributed by atoms with Crippen molar-refractivity contribution in [3.63, 3.8) is 0 Å². The number of fused-ring (bicyclic) bond motifs is 2. The molecule has 3 aliphatic heterocycles. The molecule has 4 heteroatoms. The highest BCUT2D eigenvalue weighted by atomic mass is 16.8. The molecule has 4 unspecified atom stereocenters. The standard InChI is InChI=1S/C9H12O4/c1-3-5-4(2)7-9(12-5)13-8(10)6(3)11-7/h3-7,9H,1-2H3/t3-,4+,5?,6?,7?,9?/m0/s1. The second-order valence-corrected chi connectivity index (χ2v) is 4.15. The molecule has 3 heterocycles. The van der Waals surface area contributed by atoms with Crippen LogP contribution in [0.2, 0.25) is 0 Å². The molecule has 3 saturated heterocycles. The van der Waals surface area contributed by atoms with E-state index in [0.717, 1.165) is 0 Å². The minimum Gasteiger partial charge on any atom is -0.431 e. The van der Waals surface area contributed by atoms with Crippen LogP contribution in [-0.2, 0) is 19.0 Å². The van der Waals surface area contributed by atoms with Gasteiger partial charge in [-0.05, 0) is 0 Å². The molecule has 13 heavy (non-hydrogen) atoms. The molecule has 72 valence electrons. The van der Waals surface area contributed by atoms with E-state index in [1.165, 1.54) is 0 Å². The summed E-state index contributed by atoms with van der Waals surface area (Å²) in [6.07, 6.45) is -0.761.